The zero-order chi connectivity index (χ0) is 19.9. The number of hydrogen-bond acceptors (Lipinski definition) is 6. The fraction of sp³-hybridized carbons (Fsp3) is 0.273. The third kappa shape index (κ3) is 4.78. The minimum absolute atomic E-state index is 0.166. The molecule has 0 saturated carbocycles. The van der Waals surface area contributed by atoms with Gasteiger partial charge in [0.2, 0.25) is 0 Å². The summed E-state index contributed by atoms with van der Waals surface area (Å²) in [6, 6.07) is 15.7. The van der Waals surface area contributed by atoms with Crippen LogP contribution in [0, 0.1) is 0 Å². The van der Waals surface area contributed by atoms with E-state index in [4.69, 9.17) is 14.2 Å². The van der Waals surface area contributed by atoms with Crippen molar-refractivity contribution in [2.24, 2.45) is 0 Å². The second-order valence-electron chi connectivity index (χ2n) is 6.43. The molecule has 0 aliphatic rings. The van der Waals surface area contributed by atoms with Crippen molar-refractivity contribution >= 4 is 16.9 Å². The second kappa shape index (κ2) is 9.19. The molecule has 0 fully saturated rings. The van der Waals surface area contributed by atoms with Gasteiger partial charge in [0.1, 0.15) is 11.5 Å². The van der Waals surface area contributed by atoms with Crippen LogP contribution < -0.4 is 9.47 Å². The van der Waals surface area contributed by atoms with E-state index in [9.17, 15) is 4.79 Å². The quantitative estimate of drug-likeness (QED) is 0.558. The maximum absolute atomic E-state index is 12.0. The van der Waals surface area contributed by atoms with E-state index in [0.29, 0.717) is 24.6 Å². The number of esters is 1. The standard InChI is InChI=1S/C22H24N2O4/c1-26-19-10-16(11-20(12-19)27-2)13-24(15-21(25)28-3)14-18-7-4-6-17-8-5-9-23-22(17)18/h4-12H,13-15H2,1-3H3. The Hall–Kier alpha value is -3.12. The number of ether oxygens (including phenoxy) is 3. The van der Waals surface area contributed by atoms with Crippen LogP contribution in [0.5, 0.6) is 11.5 Å². The van der Waals surface area contributed by atoms with Gasteiger partial charge in [-0.25, -0.2) is 0 Å². The van der Waals surface area contributed by atoms with Gasteiger partial charge in [0, 0.05) is 30.7 Å². The van der Waals surface area contributed by atoms with Crippen molar-refractivity contribution in [3.8, 4) is 11.5 Å². The highest BCUT2D eigenvalue weighted by atomic mass is 16.5. The smallest absolute Gasteiger partial charge is 0.319 e. The van der Waals surface area contributed by atoms with Crippen molar-refractivity contribution in [3.63, 3.8) is 0 Å². The summed E-state index contributed by atoms with van der Waals surface area (Å²) < 4.78 is 15.6. The van der Waals surface area contributed by atoms with Gasteiger partial charge in [-0.05, 0) is 29.3 Å². The average molecular weight is 380 g/mol. The molecule has 0 unspecified atom stereocenters. The molecule has 6 nitrogen and oxygen atoms in total. The molecule has 0 aliphatic carbocycles. The first kappa shape index (κ1) is 19.6. The summed E-state index contributed by atoms with van der Waals surface area (Å²) >= 11 is 0. The SMILES string of the molecule is COC(=O)CN(Cc1cc(OC)cc(OC)c1)Cc1cccc2cccnc12. The zero-order valence-electron chi connectivity index (χ0n) is 16.3. The molecule has 0 amide bonds. The number of aromatic nitrogens is 1. The first-order valence-electron chi connectivity index (χ1n) is 8.96. The largest absolute Gasteiger partial charge is 0.497 e. The molecule has 1 heterocycles. The highest BCUT2D eigenvalue weighted by Gasteiger charge is 2.15. The maximum Gasteiger partial charge on any atom is 0.319 e. The van der Waals surface area contributed by atoms with Crippen molar-refractivity contribution < 1.29 is 19.0 Å². The number of carbonyl (C=O) groups excluding carboxylic acids is 1. The van der Waals surface area contributed by atoms with Gasteiger partial charge in [0.15, 0.2) is 0 Å². The van der Waals surface area contributed by atoms with Gasteiger partial charge in [-0.15, -0.1) is 0 Å². The summed E-state index contributed by atoms with van der Waals surface area (Å²) in [6.07, 6.45) is 1.78. The highest BCUT2D eigenvalue weighted by Crippen LogP contribution is 2.25. The van der Waals surface area contributed by atoms with Crippen LogP contribution in [-0.4, -0.2) is 43.7 Å². The van der Waals surface area contributed by atoms with Gasteiger partial charge >= 0.3 is 5.97 Å². The van der Waals surface area contributed by atoms with Crippen molar-refractivity contribution in [2.75, 3.05) is 27.9 Å². The minimum Gasteiger partial charge on any atom is -0.497 e. The molecule has 0 atom stereocenters. The van der Waals surface area contributed by atoms with E-state index >= 15 is 0 Å². The summed E-state index contributed by atoms with van der Waals surface area (Å²) in [5.41, 5.74) is 2.97. The highest BCUT2D eigenvalue weighted by molar-refractivity contribution is 5.81. The molecule has 1 aromatic heterocycles. The Morgan fingerprint density at radius 1 is 0.964 bits per heavy atom. The van der Waals surface area contributed by atoms with E-state index in [0.717, 1.165) is 22.0 Å². The summed E-state index contributed by atoms with van der Waals surface area (Å²) in [5.74, 6) is 1.13. The molecule has 0 aliphatic heterocycles. The third-order valence-electron chi connectivity index (χ3n) is 4.51. The van der Waals surface area contributed by atoms with Gasteiger partial charge in [-0.1, -0.05) is 24.3 Å². The molecular formula is C22H24N2O4. The first-order valence-corrected chi connectivity index (χ1v) is 8.96. The third-order valence-corrected chi connectivity index (χ3v) is 4.51. The predicted molar refractivity (Wildman–Crippen MR) is 107 cm³/mol. The fourth-order valence-electron chi connectivity index (χ4n) is 3.17. The molecule has 0 N–H and O–H groups in total. The van der Waals surface area contributed by atoms with Crippen molar-refractivity contribution in [3.05, 3.63) is 65.9 Å². The van der Waals surface area contributed by atoms with Crippen molar-refractivity contribution in [1.29, 1.82) is 0 Å². The minimum atomic E-state index is -0.289. The molecule has 0 radical (unpaired) electrons. The predicted octanol–water partition coefficient (Wildman–Crippen LogP) is 3.43. The molecular weight excluding hydrogens is 356 g/mol. The van der Waals surface area contributed by atoms with E-state index in [1.165, 1.54) is 7.11 Å². The van der Waals surface area contributed by atoms with Crippen molar-refractivity contribution in [1.82, 2.24) is 9.88 Å². The lowest BCUT2D eigenvalue weighted by atomic mass is 10.1. The molecule has 6 heteroatoms. The molecule has 0 spiro atoms. The van der Waals surface area contributed by atoms with Crippen LogP contribution >= 0.6 is 0 Å². The number of pyridine rings is 1. The normalized spacial score (nSPS) is 10.9. The lowest BCUT2D eigenvalue weighted by molar-refractivity contribution is -0.142. The number of hydrogen-bond donors (Lipinski definition) is 0. The fourth-order valence-corrected chi connectivity index (χ4v) is 3.17. The Morgan fingerprint density at radius 3 is 2.36 bits per heavy atom. The first-order chi connectivity index (χ1) is 13.6. The van der Waals surface area contributed by atoms with Crippen LogP contribution in [0.25, 0.3) is 10.9 Å². The lowest BCUT2D eigenvalue weighted by Gasteiger charge is -2.22. The van der Waals surface area contributed by atoms with E-state index in [1.807, 2.05) is 53.4 Å². The molecule has 0 saturated heterocycles. The summed E-state index contributed by atoms with van der Waals surface area (Å²) in [5, 5.41) is 1.07. The molecule has 28 heavy (non-hydrogen) atoms. The number of methoxy groups -OCH3 is 3. The summed E-state index contributed by atoms with van der Waals surface area (Å²) in [6.45, 7) is 1.26. The van der Waals surface area contributed by atoms with Crippen LogP contribution in [0.3, 0.4) is 0 Å². The lowest BCUT2D eigenvalue weighted by Crippen LogP contribution is -2.30. The van der Waals surface area contributed by atoms with Gasteiger partial charge in [0.25, 0.3) is 0 Å². The van der Waals surface area contributed by atoms with Gasteiger partial charge < -0.3 is 14.2 Å². The number of para-hydroxylation sites is 1. The number of nitrogens with zero attached hydrogens (tertiary/aromatic N) is 2. The Balaban J connectivity index is 1.90. The maximum atomic E-state index is 12.0. The number of fused-ring (bicyclic) bond motifs is 1. The molecule has 146 valence electrons. The average Bonchev–Trinajstić information content (AvgIpc) is 2.73. The Morgan fingerprint density at radius 2 is 1.68 bits per heavy atom. The number of benzene rings is 2. The summed E-state index contributed by atoms with van der Waals surface area (Å²) in [7, 11) is 4.63. The molecule has 3 rings (SSSR count). The Kier molecular flexibility index (Phi) is 6.45. The number of carbonyl (C=O) groups is 1. The number of rotatable bonds is 8. The molecule has 0 bridgehead atoms. The van der Waals surface area contributed by atoms with Crippen LogP contribution in [0.2, 0.25) is 0 Å². The topological polar surface area (TPSA) is 60.9 Å². The van der Waals surface area contributed by atoms with Gasteiger partial charge in [-0.3, -0.25) is 14.7 Å². The zero-order valence-corrected chi connectivity index (χ0v) is 16.3. The van der Waals surface area contributed by atoms with Crippen LogP contribution in [-0.2, 0) is 22.6 Å². The van der Waals surface area contributed by atoms with Crippen LogP contribution in [0.1, 0.15) is 11.1 Å². The Bertz CT molecular complexity index is 931. The monoisotopic (exact) mass is 380 g/mol. The van der Waals surface area contributed by atoms with Gasteiger partial charge in [-0.2, -0.15) is 0 Å². The van der Waals surface area contributed by atoms with Crippen molar-refractivity contribution in [2.45, 2.75) is 13.1 Å². The summed E-state index contributed by atoms with van der Waals surface area (Å²) in [4.78, 5) is 18.5. The van der Waals surface area contributed by atoms with Crippen LogP contribution in [0.4, 0.5) is 0 Å². The van der Waals surface area contributed by atoms with E-state index < -0.39 is 0 Å². The second-order valence-corrected chi connectivity index (χ2v) is 6.43. The molecule has 2 aromatic carbocycles. The van der Waals surface area contributed by atoms with Crippen LogP contribution in [0.15, 0.2) is 54.7 Å². The molecule has 3 aromatic rings. The van der Waals surface area contributed by atoms with E-state index in [1.54, 1.807) is 20.4 Å². The van der Waals surface area contributed by atoms with E-state index in [2.05, 4.69) is 4.98 Å². The Labute approximate surface area is 164 Å². The van der Waals surface area contributed by atoms with Gasteiger partial charge in [0.05, 0.1) is 33.4 Å². The van der Waals surface area contributed by atoms with E-state index in [-0.39, 0.29) is 12.5 Å².